The van der Waals surface area contributed by atoms with Crippen molar-refractivity contribution in [3.63, 3.8) is 0 Å². The predicted octanol–water partition coefficient (Wildman–Crippen LogP) is 1.58. The van der Waals surface area contributed by atoms with Crippen LogP contribution in [0.25, 0.3) is 0 Å². The number of amides is 1. The van der Waals surface area contributed by atoms with Crippen molar-refractivity contribution in [1.29, 1.82) is 0 Å². The molecule has 1 aliphatic heterocycles. The topological polar surface area (TPSA) is 62.4 Å². The maximum Gasteiger partial charge on any atom is 0.244 e. The Morgan fingerprint density at radius 2 is 2.10 bits per heavy atom. The summed E-state index contributed by atoms with van der Waals surface area (Å²) in [6.07, 6.45) is 3.24. The molecule has 2 aliphatic rings. The molecule has 3 unspecified atom stereocenters. The minimum Gasteiger partial charge on any atom is -0.381 e. The van der Waals surface area contributed by atoms with Crippen molar-refractivity contribution >= 4 is 17.3 Å². The number of para-hydroxylation sites is 2. The Labute approximate surface area is 119 Å². The lowest BCUT2D eigenvalue weighted by Gasteiger charge is -2.28. The van der Waals surface area contributed by atoms with Gasteiger partial charge >= 0.3 is 0 Å². The molecular weight excluding hydrogens is 254 g/mol. The van der Waals surface area contributed by atoms with Gasteiger partial charge in [-0.05, 0) is 31.4 Å². The van der Waals surface area contributed by atoms with Gasteiger partial charge in [-0.1, -0.05) is 12.1 Å². The number of methoxy groups -OCH3 is 1. The molecular formula is C15H21N3O2. The van der Waals surface area contributed by atoms with Gasteiger partial charge < -0.3 is 20.7 Å². The lowest BCUT2D eigenvalue weighted by molar-refractivity contribution is -0.122. The molecule has 1 fully saturated rings. The van der Waals surface area contributed by atoms with Crippen LogP contribution < -0.4 is 16.0 Å². The quantitative estimate of drug-likeness (QED) is 0.783. The fourth-order valence-electron chi connectivity index (χ4n) is 2.96. The highest BCUT2D eigenvalue weighted by molar-refractivity contribution is 5.88. The largest absolute Gasteiger partial charge is 0.381 e. The number of hydrogen-bond donors (Lipinski definition) is 3. The molecule has 1 aromatic rings. The van der Waals surface area contributed by atoms with E-state index in [0.29, 0.717) is 12.6 Å². The van der Waals surface area contributed by atoms with Crippen molar-refractivity contribution in [2.75, 3.05) is 24.3 Å². The van der Waals surface area contributed by atoms with E-state index in [1.165, 1.54) is 0 Å². The molecule has 3 atom stereocenters. The summed E-state index contributed by atoms with van der Waals surface area (Å²) in [4.78, 5) is 12.3. The number of nitrogens with one attached hydrogen (secondary N) is 3. The Morgan fingerprint density at radius 1 is 1.30 bits per heavy atom. The summed E-state index contributed by atoms with van der Waals surface area (Å²) in [6.45, 7) is 0.614. The second kappa shape index (κ2) is 5.71. The van der Waals surface area contributed by atoms with Crippen LogP contribution in [0.3, 0.4) is 0 Å². The zero-order chi connectivity index (χ0) is 13.9. The Bertz CT molecular complexity index is 492. The van der Waals surface area contributed by atoms with Crippen molar-refractivity contribution in [2.24, 2.45) is 0 Å². The van der Waals surface area contributed by atoms with Crippen LogP contribution in [-0.4, -0.2) is 37.7 Å². The molecule has 1 aliphatic carbocycles. The van der Waals surface area contributed by atoms with Gasteiger partial charge in [0.1, 0.15) is 6.04 Å². The lowest BCUT2D eigenvalue weighted by atomic mass is 10.1. The average Bonchev–Trinajstić information content (AvgIpc) is 2.94. The van der Waals surface area contributed by atoms with E-state index in [1.54, 1.807) is 7.11 Å². The Kier molecular flexibility index (Phi) is 3.78. The first-order valence-corrected chi connectivity index (χ1v) is 7.19. The molecule has 0 aromatic heterocycles. The van der Waals surface area contributed by atoms with E-state index >= 15 is 0 Å². The van der Waals surface area contributed by atoms with Crippen molar-refractivity contribution in [3.8, 4) is 0 Å². The number of rotatable bonds is 3. The number of hydrogen-bond acceptors (Lipinski definition) is 4. The van der Waals surface area contributed by atoms with Crippen LogP contribution in [-0.2, 0) is 9.53 Å². The van der Waals surface area contributed by atoms with Gasteiger partial charge in [-0.15, -0.1) is 0 Å². The highest BCUT2D eigenvalue weighted by atomic mass is 16.5. The van der Waals surface area contributed by atoms with Gasteiger partial charge in [-0.25, -0.2) is 0 Å². The molecule has 1 saturated carbocycles. The normalized spacial score (nSPS) is 28.1. The number of benzene rings is 1. The van der Waals surface area contributed by atoms with Crippen LogP contribution in [0.5, 0.6) is 0 Å². The summed E-state index contributed by atoms with van der Waals surface area (Å²) >= 11 is 0. The fraction of sp³-hybridized carbons (Fsp3) is 0.533. The van der Waals surface area contributed by atoms with Crippen LogP contribution in [0, 0.1) is 0 Å². The number of carbonyl (C=O) groups excluding carboxylic acids is 1. The Balaban J connectivity index is 1.57. The standard InChI is InChI=1S/C15H21N3O2/c1-20-11-7-6-10(8-11)17-15(19)14-9-16-12-4-2-3-5-13(12)18-14/h2-5,10-11,14,16,18H,6-9H2,1H3,(H,17,19). The van der Waals surface area contributed by atoms with E-state index in [9.17, 15) is 4.79 Å². The molecule has 0 saturated heterocycles. The molecule has 108 valence electrons. The zero-order valence-electron chi connectivity index (χ0n) is 11.7. The van der Waals surface area contributed by atoms with Crippen LogP contribution in [0.15, 0.2) is 24.3 Å². The average molecular weight is 275 g/mol. The molecule has 0 radical (unpaired) electrons. The molecule has 5 nitrogen and oxygen atoms in total. The molecule has 1 aromatic carbocycles. The number of ether oxygens (including phenoxy) is 1. The minimum absolute atomic E-state index is 0.0637. The van der Waals surface area contributed by atoms with Crippen LogP contribution in [0.1, 0.15) is 19.3 Å². The number of fused-ring (bicyclic) bond motifs is 1. The molecule has 1 heterocycles. The van der Waals surface area contributed by atoms with Crippen molar-refractivity contribution in [2.45, 2.75) is 37.5 Å². The highest BCUT2D eigenvalue weighted by Crippen LogP contribution is 2.26. The number of anilines is 2. The van der Waals surface area contributed by atoms with Gasteiger partial charge in [0.15, 0.2) is 0 Å². The first kappa shape index (κ1) is 13.2. The van der Waals surface area contributed by atoms with Crippen molar-refractivity contribution < 1.29 is 9.53 Å². The molecule has 0 spiro atoms. The van der Waals surface area contributed by atoms with E-state index in [-0.39, 0.29) is 18.0 Å². The van der Waals surface area contributed by atoms with Gasteiger partial charge in [-0.2, -0.15) is 0 Å². The molecule has 3 N–H and O–H groups in total. The summed E-state index contributed by atoms with van der Waals surface area (Å²) in [5.41, 5.74) is 2.04. The van der Waals surface area contributed by atoms with Crippen LogP contribution >= 0.6 is 0 Å². The van der Waals surface area contributed by atoms with Gasteiger partial charge in [-0.3, -0.25) is 4.79 Å². The van der Waals surface area contributed by atoms with E-state index < -0.39 is 0 Å². The zero-order valence-corrected chi connectivity index (χ0v) is 11.7. The summed E-state index contributed by atoms with van der Waals surface area (Å²) in [5.74, 6) is 0.0637. The van der Waals surface area contributed by atoms with Gasteiger partial charge in [0, 0.05) is 19.7 Å². The van der Waals surface area contributed by atoms with Gasteiger partial charge in [0.2, 0.25) is 5.91 Å². The van der Waals surface area contributed by atoms with Gasteiger partial charge in [0.25, 0.3) is 0 Å². The lowest BCUT2D eigenvalue weighted by Crippen LogP contribution is -2.48. The maximum absolute atomic E-state index is 12.3. The molecule has 0 bridgehead atoms. The van der Waals surface area contributed by atoms with E-state index in [2.05, 4.69) is 16.0 Å². The first-order valence-electron chi connectivity index (χ1n) is 7.19. The van der Waals surface area contributed by atoms with E-state index in [1.807, 2.05) is 24.3 Å². The maximum atomic E-state index is 12.3. The van der Waals surface area contributed by atoms with E-state index in [0.717, 1.165) is 30.6 Å². The SMILES string of the molecule is COC1CCC(NC(=O)C2CNc3ccccc3N2)C1. The highest BCUT2D eigenvalue weighted by Gasteiger charge is 2.29. The van der Waals surface area contributed by atoms with Crippen LogP contribution in [0.2, 0.25) is 0 Å². The van der Waals surface area contributed by atoms with Crippen molar-refractivity contribution in [3.05, 3.63) is 24.3 Å². The van der Waals surface area contributed by atoms with Gasteiger partial charge in [0.05, 0.1) is 17.5 Å². The third kappa shape index (κ3) is 2.72. The summed E-state index contributed by atoms with van der Waals surface area (Å²) < 4.78 is 5.34. The van der Waals surface area contributed by atoms with Crippen molar-refractivity contribution in [1.82, 2.24) is 5.32 Å². The first-order chi connectivity index (χ1) is 9.76. The minimum atomic E-state index is -0.216. The van der Waals surface area contributed by atoms with E-state index in [4.69, 9.17) is 4.74 Å². The Hall–Kier alpha value is -1.75. The second-order valence-electron chi connectivity index (χ2n) is 5.50. The molecule has 1 amide bonds. The summed E-state index contributed by atoms with van der Waals surface area (Å²) in [6, 6.07) is 7.97. The monoisotopic (exact) mass is 275 g/mol. The predicted molar refractivity (Wildman–Crippen MR) is 78.9 cm³/mol. The third-order valence-electron chi connectivity index (χ3n) is 4.13. The summed E-state index contributed by atoms with van der Waals surface area (Å²) in [5, 5.41) is 9.70. The molecule has 3 rings (SSSR count). The second-order valence-corrected chi connectivity index (χ2v) is 5.50. The van der Waals surface area contributed by atoms with Crippen LogP contribution in [0.4, 0.5) is 11.4 Å². The Morgan fingerprint density at radius 3 is 2.85 bits per heavy atom. The molecule has 20 heavy (non-hydrogen) atoms. The fourth-order valence-corrected chi connectivity index (χ4v) is 2.96. The third-order valence-corrected chi connectivity index (χ3v) is 4.13. The smallest absolute Gasteiger partial charge is 0.244 e. The summed E-state index contributed by atoms with van der Waals surface area (Å²) in [7, 11) is 1.73. The molecule has 5 heteroatoms. The number of carbonyl (C=O) groups is 1.